The molecule has 26 heavy (non-hydrogen) atoms. The van der Waals surface area contributed by atoms with Gasteiger partial charge in [0.1, 0.15) is 12.4 Å². The number of hydrogen-bond acceptors (Lipinski definition) is 4. The van der Waals surface area contributed by atoms with Crippen molar-refractivity contribution >= 4 is 5.96 Å². The van der Waals surface area contributed by atoms with Crippen LogP contribution in [0, 0.1) is 0 Å². The standard InChI is InChI=1S/C20H27N3O3/c1-3-21-20(23-13-14-26-17-7-5-4-6-8-17)22-12-11-16-9-10-18(24)19(15-16)25-2/h4-10,15,24H,3,11-14H2,1-2H3,(H2,21,22,23). The number of ether oxygens (including phenoxy) is 2. The number of phenols is 1. The van der Waals surface area contributed by atoms with E-state index in [-0.39, 0.29) is 5.75 Å². The second-order valence-corrected chi connectivity index (χ2v) is 5.61. The lowest BCUT2D eigenvalue weighted by Crippen LogP contribution is -2.39. The molecule has 0 saturated heterocycles. The first-order valence-electron chi connectivity index (χ1n) is 8.79. The smallest absolute Gasteiger partial charge is 0.191 e. The molecule has 2 aromatic carbocycles. The number of phenolic OH excluding ortho intramolecular Hbond substituents is 1. The number of rotatable bonds is 9. The number of aromatic hydroxyl groups is 1. The predicted octanol–water partition coefficient (Wildman–Crippen LogP) is 2.58. The zero-order chi connectivity index (χ0) is 18.6. The van der Waals surface area contributed by atoms with Crippen LogP contribution in [0.1, 0.15) is 12.5 Å². The van der Waals surface area contributed by atoms with Crippen LogP contribution in [-0.4, -0.2) is 44.4 Å². The van der Waals surface area contributed by atoms with Gasteiger partial charge in [0.05, 0.1) is 13.7 Å². The molecule has 0 atom stereocenters. The van der Waals surface area contributed by atoms with Gasteiger partial charge < -0.3 is 25.2 Å². The van der Waals surface area contributed by atoms with E-state index >= 15 is 0 Å². The van der Waals surface area contributed by atoms with E-state index < -0.39 is 0 Å². The Morgan fingerprint density at radius 2 is 1.92 bits per heavy atom. The highest BCUT2D eigenvalue weighted by Crippen LogP contribution is 2.26. The van der Waals surface area contributed by atoms with E-state index in [0.717, 1.165) is 30.2 Å². The molecule has 0 amide bonds. The number of hydrogen-bond donors (Lipinski definition) is 3. The van der Waals surface area contributed by atoms with Crippen molar-refractivity contribution in [2.24, 2.45) is 4.99 Å². The topological polar surface area (TPSA) is 75.1 Å². The van der Waals surface area contributed by atoms with Crippen LogP contribution < -0.4 is 20.1 Å². The molecule has 2 rings (SSSR count). The highest BCUT2D eigenvalue weighted by Gasteiger charge is 2.03. The molecule has 2 aromatic rings. The van der Waals surface area contributed by atoms with Crippen LogP contribution in [0.5, 0.6) is 17.2 Å². The SMILES string of the molecule is CCNC(=NCCc1ccc(O)c(OC)c1)NCCOc1ccccc1. The molecule has 0 bridgehead atoms. The van der Waals surface area contributed by atoms with Crippen molar-refractivity contribution in [3.05, 3.63) is 54.1 Å². The van der Waals surface area contributed by atoms with Crippen molar-refractivity contribution in [1.29, 1.82) is 0 Å². The van der Waals surface area contributed by atoms with Gasteiger partial charge in [-0.15, -0.1) is 0 Å². The van der Waals surface area contributed by atoms with Crippen LogP contribution in [0.15, 0.2) is 53.5 Å². The Morgan fingerprint density at radius 1 is 1.12 bits per heavy atom. The fourth-order valence-corrected chi connectivity index (χ4v) is 2.37. The first-order chi connectivity index (χ1) is 12.7. The number of benzene rings is 2. The summed E-state index contributed by atoms with van der Waals surface area (Å²) in [5.74, 6) is 2.25. The quantitative estimate of drug-likeness (QED) is 0.365. The van der Waals surface area contributed by atoms with E-state index in [0.29, 0.717) is 25.4 Å². The largest absolute Gasteiger partial charge is 0.504 e. The van der Waals surface area contributed by atoms with Gasteiger partial charge in [-0.05, 0) is 43.2 Å². The second-order valence-electron chi connectivity index (χ2n) is 5.61. The maximum atomic E-state index is 9.64. The molecular formula is C20H27N3O3. The van der Waals surface area contributed by atoms with E-state index in [1.807, 2.05) is 49.4 Å². The highest BCUT2D eigenvalue weighted by atomic mass is 16.5. The number of nitrogens with one attached hydrogen (secondary N) is 2. The summed E-state index contributed by atoms with van der Waals surface area (Å²) in [5, 5.41) is 16.1. The van der Waals surface area contributed by atoms with Crippen molar-refractivity contribution < 1.29 is 14.6 Å². The van der Waals surface area contributed by atoms with Crippen molar-refractivity contribution in [2.45, 2.75) is 13.3 Å². The van der Waals surface area contributed by atoms with Gasteiger partial charge in [0.2, 0.25) is 0 Å². The molecule has 6 heteroatoms. The average Bonchev–Trinajstić information content (AvgIpc) is 2.67. The number of nitrogens with zero attached hydrogens (tertiary/aromatic N) is 1. The van der Waals surface area contributed by atoms with Gasteiger partial charge in [0.25, 0.3) is 0 Å². The summed E-state index contributed by atoms with van der Waals surface area (Å²) in [6.45, 7) is 4.67. The minimum absolute atomic E-state index is 0.146. The first kappa shape index (κ1) is 19.4. The molecule has 3 N–H and O–H groups in total. The van der Waals surface area contributed by atoms with Gasteiger partial charge in [0.15, 0.2) is 17.5 Å². The fraction of sp³-hybridized carbons (Fsp3) is 0.350. The highest BCUT2D eigenvalue weighted by molar-refractivity contribution is 5.79. The number of guanidine groups is 1. The lowest BCUT2D eigenvalue weighted by Gasteiger charge is -2.12. The summed E-state index contributed by atoms with van der Waals surface area (Å²) in [6, 6.07) is 15.1. The molecule has 0 aliphatic carbocycles. The fourth-order valence-electron chi connectivity index (χ4n) is 2.37. The normalized spacial score (nSPS) is 11.1. The molecule has 0 saturated carbocycles. The number of aliphatic imine (C=N–C) groups is 1. The lowest BCUT2D eigenvalue weighted by molar-refractivity contribution is 0.322. The zero-order valence-corrected chi connectivity index (χ0v) is 15.4. The van der Waals surface area contributed by atoms with Crippen LogP contribution in [0.4, 0.5) is 0 Å². The van der Waals surface area contributed by atoms with E-state index in [1.54, 1.807) is 13.2 Å². The minimum atomic E-state index is 0.146. The molecule has 0 aliphatic rings. The molecule has 140 valence electrons. The summed E-state index contributed by atoms with van der Waals surface area (Å²) in [4.78, 5) is 4.57. The Bertz CT molecular complexity index is 690. The van der Waals surface area contributed by atoms with Crippen LogP contribution in [0.3, 0.4) is 0 Å². The molecule has 0 radical (unpaired) electrons. The Morgan fingerprint density at radius 3 is 2.65 bits per heavy atom. The van der Waals surface area contributed by atoms with Crippen LogP contribution in [-0.2, 0) is 6.42 Å². The summed E-state index contributed by atoms with van der Waals surface area (Å²) >= 11 is 0. The second kappa shape index (κ2) is 10.9. The van der Waals surface area contributed by atoms with Gasteiger partial charge >= 0.3 is 0 Å². The van der Waals surface area contributed by atoms with Gasteiger partial charge in [-0.2, -0.15) is 0 Å². The summed E-state index contributed by atoms with van der Waals surface area (Å²) < 4.78 is 10.8. The van der Waals surface area contributed by atoms with Crippen LogP contribution >= 0.6 is 0 Å². The number of para-hydroxylation sites is 1. The van der Waals surface area contributed by atoms with Crippen molar-refractivity contribution in [3.8, 4) is 17.2 Å². The maximum absolute atomic E-state index is 9.64. The molecule has 0 fully saturated rings. The molecular weight excluding hydrogens is 330 g/mol. The van der Waals surface area contributed by atoms with E-state index in [4.69, 9.17) is 9.47 Å². The van der Waals surface area contributed by atoms with E-state index in [9.17, 15) is 5.11 Å². The molecule has 0 heterocycles. The Labute approximate surface area is 154 Å². The molecule has 0 aromatic heterocycles. The van der Waals surface area contributed by atoms with Gasteiger partial charge in [-0.3, -0.25) is 4.99 Å². The van der Waals surface area contributed by atoms with E-state index in [1.165, 1.54) is 0 Å². The zero-order valence-electron chi connectivity index (χ0n) is 15.4. The summed E-state index contributed by atoms with van der Waals surface area (Å²) in [5.41, 5.74) is 1.06. The molecule has 0 unspecified atom stereocenters. The van der Waals surface area contributed by atoms with Crippen LogP contribution in [0.25, 0.3) is 0 Å². The van der Waals surface area contributed by atoms with Gasteiger partial charge in [0, 0.05) is 13.1 Å². The third kappa shape index (κ3) is 6.55. The van der Waals surface area contributed by atoms with Gasteiger partial charge in [-0.25, -0.2) is 0 Å². The van der Waals surface area contributed by atoms with E-state index in [2.05, 4.69) is 15.6 Å². The van der Waals surface area contributed by atoms with Crippen molar-refractivity contribution in [1.82, 2.24) is 10.6 Å². The van der Waals surface area contributed by atoms with Gasteiger partial charge in [-0.1, -0.05) is 24.3 Å². The summed E-state index contributed by atoms with van der Waals surface area (Å²) in [6.07, 6.45) is 0.758. The first-order valence-corrected chi connectivity index (χ1v) is 8.79. The third-order valence-corrected chi connectivity index (χ3v) is 3.67. The average molecular weight is 357 g/mol. The monoisotopic (exact) mass is 357 g/mol. The van der Waals surface area contributed by atoms with Crippen molar-refractivity contribution in [3.63, 3.8) is 0 Å². The molecule has 0 aliphatic heterocycles. The molecule has 0 spiro atoms. The minimum Gasteiger partial charge on any atom is -0.504 e. The Balaban J connectivity index is 1.78. The maximum Gasteiger partial charge on any atom is 0.191 e. The third-order valence-electron chi connectivity index (χ3n) is 3.67. The molecule has 6 nitrogen and oxygen atoms in total. The predicted molar refractivity (Wildman–Crippen MR) is 104 cm³/mol. The lowest BCUT2D eigenvalue weighted by atomic mass is 10.1. The van der Waals surface area contributed by atoms with Crippen molar-refractivity contribution in [2.75, 3.05) is 33.4 Å². The Hall–Kier alpha value is -2.89. The number of methoxy groups -OCH3 is 1. The Kier molecular flexibility index (Phi) is 8.12. The van der Waals surface area contributed by atoms with Crippen LogP contribution in [0.2, 0.25) is 0 Å². The summed E-state index contributed by atoms with van der Waals surface area (Å²) in [7, 11) is 1.54.